The lowest BCUT2D eigenvalue weighted by Gasteiger charge is -2.21. The summed E-state index contributed by atoms with van der Waals surface area (Å²) in [4.78, 5) is 29.1. The summed E-state index contributed by atoms with van der Waals surface area (Å²) in [6.07, 6.45) is 3.09. The monoisotopic (exact) mass is 351 g/mol. The number of nitrogens with one attached hydrogen (secondary N) is 1. The second-order valence-corrected chi connectivity index (χ2v) is 6.74. The molecule has 6 heteroatoms. The molecule has 0 aliphatic heterocycles. The van der Waals surface area contributed by atoms with E-state index in [1.807, 2.05) is 31.2 Å². The van der Waals surface area contributed by atoms with Gasteiger partial charge in [-0.3, -0.25) is 9.78 Å². The Morgan fingerprint density at radius 1 is 1.27 bits per heavy atom. The van der Waals surface area contributed by atoms with Gasteiger partial charge in [-0.05, 0) is 51.2 Å². The Kier molecular flexibility index (Phi) is 4.90. The summed E-state index contributed by atoms with van der Waals surface area (Å²) in [6, 6.07) is 9.75. The lowest BCUT2D eigenvalue weighted by molar-refractivity contribution is -0.125. The highest BCUT2D eigenvalue weighted by atomic mass is 16.5. The molecule has 6 nitrogen and oxygen atoms in total. The summed E-state index contributed by atoms with van der Waals surface area (Å²) in [5.74, 6) is -1.03. The third-order valence-electron chi connectivity index (χ3n) is 4.92. The Labute approximate surface area is 152 Å². The molecule has 0 spiro atoms. The van der Waals surface area contributed by atoms with Gasteiger partial charge in [-0.2, -0.15) is 5.26 Å². The van der Waals surface area contributed by atoms with Gasteiger partial charge in [0.1, 0.15) is 5.54 Å². The lowest BCUT2D eigenvalue weighted by Crippen LogP contribution is -2.46. The SMILES string of the molecule is Cc1nc2ccccc2c(C)c1C(=O)OCC(=O)NC1(C#N)CCCC1. The lowest BCUT2D eigenvalue weighted by atomic mass is 10.00. The molecule has 1 aliphatic rings. The van der Waals surface area contributed by atoms with Gasteiger partial charge < -0.3 is 10.1 Å². The van der Waals surface area contributed by atoms with Gasteiger partial charge in [-0.1, -0.05) is 18.2 Å². The molecule has 0 radical (unpaired) electrons. The molecule has 26 heavy (non-hydrogen) atoms. The number of fused-ring (bicyclic) bond motifs is 1. The highest BCUT2D eigenvalue weighted by Gasteiger charge is 2.35. The van der Waals surface area contributed by atoms with E-state index in [1.165, 1.54) is 0 Å². The van der Waals surface area contributed by atoms with Crippen LogP contribution in [0.5, 0.6) is 0 Å². The molecular weight excluding hydrogens is 330 g/mol. The van der Waals surface area contributed by atoms with Crippen molar-refractivity contribution >= 4 is 22.8 Å². The molecule has 1 aliphatic carbocycles. The first kappa shape index (κ1) is 17.9. The fourth-order valence-electron chi connectivity index (χ4n) is 3.58. The number of carbonyl (C=O) groups excluding carboxylic acids is 2. The first-order valence-corrected chi connectivity index (χ1v) is 8.71. The van der Waals surface area contributed by atoms with Crippen molar-refractivity contribution in [1.29, 1.82) is 5.26 Å². The number of ether oxygens (including phenoxy) is 1. The standard InChI is InChI=1S/C20H21N3O3/c1-13-15-7-3-4-8-16(15)22-14(2)18(13)19(25)26-11-17(24)23-20(12-21)9-5-6-10-20/h3-4,7-8H,5-6,9-11H2,1-2H3,(H,23,24). The molecule has 1 N–H and O–H groups in total. The van der Waals surface area contributed by atoms with Crippen LogP contribution in [0.4, 0.5) is 0 Å². The maximum absolute atomic E-state index is 12.5. The predicted molar refractivity (Wildman–Crippen MR) is 96.5 cm³/mol. The molecule has 0 atom stereocenters. The fourth-order valence-corrected chi connectivity index (χ4v) is 3.58. The van der Waals surface area contributed by atoms with E-state index in [0.717, 1.165) is 29.3 Å². The van der Waals surface area contributed by atoms with Gasteiger partial charge >= 0.3 is 5.97 Å². The number of hydrogen-bond acceptors (Lipinski definition) is 5. The molecule has 0 unspecified atom stereocenters. The molecule has 2 aromatic rings. The molecule has 1 saturated carbocycles. The normalized spacial score (nSPS) is 15.4. The number of benzene rings is 1. The number of nitrogens with zero attached hydrogens (tertiary/aromatic N) is 2. The largest absolute Gasteiger partial charge is 0.452 e. The van der Waals surface area contributed by atoms with E-state index >= 15 is 0 Å². The zero-order valence-corrected chi connectivity index (χ0v) is 15.0. The van der Waals surface area contributed by atoms with Crippen LogP contribution in [-0.2, 0) is 9.53 Å². The number of aryl methyl sites for hydroxylation is 2. The smallest absolute Gasteiger partial charge is 0.340 e. The topological polar surface area (TPSA) is 92.1 Å². The maximum Gasteiger partial charge on any atom is 0.340 e. The molecule has 3 rings (SSSR count). The summed E-state index contributed by atoms with van der Waals surface area (Å²) in [5, 5.41) is 12.9. The van der Waals surface area contributed by atoms with Gasteiger partial charge in [-0.25, -0.2) is 4.79 Å². The quantitative estimate of drug-likeness (QED) is 0.855. The average Bonchev–Trinajstić information content (AvgIpc) is 3.09. The maximum atomic E-state index is 12.5. The second kappa shape index (κ2) is 7.12. The number of amides is 1. The molecule has 1 fully saturated rings. The van der Waals surface area contributed by atoms with Crippen LogP contribution in [0.1, 0.15) is 47.3 Å². The minimum atomic E-state index is -0.820. The number of hydrogen-bond donors (Lipinski definition) is 1. The summed E-state index contributed by atoms with van der Waals surface area (Å²) < 4.78 is 5.20. The van der Waals surface area contributed by atoms with E-state index in [9.17, 15) is 14.9 Å². The highest BCUT2D eigenvalue weighted by Crippen LogP contribution is 2.28. The first-order valence-electron chi connectivity index (χ1n) is 8.71. The minimum Gasteiger partial charge on any atom is -0.452 e. The molecule has 1 aromatic carbocycles. The zero-order valence-electron chi connectivity index (χ0n) is 15.0. The van der Waals surface area contributed by atoms with Crippen molar-refractivity contribution in [3.05, 3.63) is 41.1 Å². The van der Waals surface area contributed by atoms with Crippen molar-refractivity contribution in [3.63, 3.8) is 0 Å². The van der Waals surface area contributed by atoms with Crippen LogP contribution in [0.25, 0.3) is 10.9 Å². The number of aromatic nitrogens is 1. The molecular formula is C20H21N3O3. The van der Waals surface area contributed by atoms with E-state index in [4.69, 9.17) is 4.74 Å². The van der Waals surface area contributed by atoms with Gasteiger partial charge in [0.2, 0.25) is 0 Å². The molecule has 1 aromatic heterocycles. The van der Waals surface area contributed by atoms with Crippen molar-refractivity contribution < 1.29 is 14.3 Å². The average molecular weight is 351 g/mol. The Hall–Kier alpha value is -2.94. The Morgan fingerprint density at radius 3 is 2.65 bits per heavy atom. The van der Waals surface area contributed by atoms with Crippen LogP contribution in [0.15, 0.2) is 24.3 Å². The number of esters is 1. The molecule has 0 bridgehead atoms. The van der Waals surface area contributed by atoms with Crippen LogP contribution in [0.2, 0.25) is 0 Å². The number of rotatable bonds is 4. The summed E-state index contributed by atoms with van der Waals surface area (Å²) in [5.41, 5.74) is 1.72. The summed E-state index contributed by atoms with van der Waals surface area (Å²) >= 11 is 0. The molecule has 1 amide bonds. The van der Waals surface area contributed by atoms with E-state index in [0.29, 0.717) is 24.1 Å². The minimum absolute atomic E-state index is 0.382. The number of carbonyl (C=O) groups is 2. The molecule has 0 saturated heterocycles. The van der Waals surface area contributed by atoms with Gasteiger partial charge in [0.15, 0.2) is 6.61 Å². The Bertz CT molecular complexity index is 908. The summed E-state index contributed by atoms with van der Waals surface area (Å²) in [6.45, 7) is 3.18. The first-order chi connectivity index (χ1) is 12.5. The number of nitriles is 1. The molecule has 1 heterocycles. The van der Waals surface area contributed by atoms with E-state index in [2.05, 4.69) is 16.4 Å². The number of para-hydroxylation sites is 1. The third kappa shape index (κ3) is 3.38. The van der Waals surface area contributed by atoms with Gasteiger partial charge in [0, 0.05) is 5.39 Å². The van der Waals surface area contributed by atoms with Crippen LogP contribution >= 0.6 is 0 Å². The van der Waals surface area contributed by atoms with Crippen molar-refractivity contribution in [3.8, 4) is 6.07 Å². The van der Waals surface area contributed by atoms with Crippen molar-refractivity contribution in [1.82, 2.24) is 10.3 Å². The fraction of sp³-hybridized carbons (Fsp3) is 0.400. The Morgan fingerprint density at radius 2 is 1.96 bits per heavy atom. The van der Waals surface area contributed by atoms with E-state index in [1.54, 1.807) is 6.92 Å². The van der Waals surface area contributed by atoms with Crippen molar-refractivity contribution in [2.24, 2.45) is 0 Å². The van der Waals surface area contributed by atoms with Crippen molar-refractivity contribution in [2.75, 3.05) is 6.61 Å². The van der Waals surface area contributed by atoms with Crippen LogP contribution < -0.4 is 5.32 Å². The highest BCUT2D eigenvalue weighted by molar-refractivity contribution is 5.99. The zero-order chi connectivity index (χ0) is 18.7. The van der Waals surface area contributed by atoms with Crippen LogP contribution in [0, 0.1) is 25.2 Å². The number of pyridine rings is 1. The molecule has 134 valence electrons. The van der Waals surface area contributed by atoms with Crippen LogP contribution in [0.3, 0.4) is 0 Å². The predicted octanol–water partition coefficient (Wildman–Crippen LogP) is 2.96. The van der Waals surface area contributed by atoms with Crippen molar-refractivity contribution in [2.45, 2.75) is 45.1 Å². The second-order valence-electron chi connectivity index (χ2n) is 6.74. The van der Waals surface area contributed by atoms with E-state index in [-0.39, 0.29) is 0 Å². The summed E-state index contributed by atoms with van der Waals surface area (Å²) in [7, 11) is 0. The third-order valence-corrected chi connectivity index (χ3v) is 4.92. The van der Waals surface area contributed by atoms with E-state index < -0.39 is 24.0 Å². The Balaban J connectivity index is 1.72. The van der Waals surface area contributed by atoms with Gasteiger partial charge in [0.25, 0.3) is 5.91 Å². The van der Waals surface area contributed by atoms with Crippen LogP contribution in [-0.4, -0.2) is 29.0 Å². The van der Waals surface area contributed by atoms with Gasteiger partial charge in [-0.15, -0.1) is 0 Å². The van der Waals surface area contributed by atoms with Gasteiger partial charge in [0.05, 0.1) is 22.8 Å².